The average Bonchev–Trinajstić information content (AvgIpc) is 3.05. The molecule has 0 N–H and O–H groups in total. The van der Waals surface area contributed by atoms with Gasteiger partial charge in [-0.25, -0.2) is 9.97 Å². The molecule has 0 unspecified atom stereocenters. The van der Waals surface area contributed by atoms with Gasteiger partial charge in [-0.1, -0.05) is 23.3 Å². The number of nitrogens with zero attached hydrogens (tertiary/aromatic N) is 2. The molecule has 0 spiro atoms. The van der Waals surface area contributed by atoms with Crippen molar-refractivity contribution in [3.05, 3.63) is 69.8 Å². The maximum atomic E-state index is 12.9. The number of pyridine rings is 2. The van der Waals surface area contributed by atoms with E-state index in [4.69, 9.17) is 0 Å². The monoisotopic (exact) mass is 344 g/mol. The molecule has 24 heavy (non-hydrogen) atoms. The van der Waals surface area contributed by atoms with E-state index in [2.05, 4.69) is 16.9 Å². The second-order valence-corrected chi connectivity index (χ2v) is 6.79. The van der Waals surface area contributed by atoms with E-state index in [-0.39, 0.29) is 5.95 Å². The first-order chi connectivity index (χ1) is 11.5. The van der Waals surface area contributed by atoms with Gasteiger partial charge in [0.05, 0.1) is 11.4 Å². The van der Waals surface area contributed by atoms with E-state index >= 15 is 0 Å². The zero-order valence-corrected chi connectivity index (χ0v) is 14.7. The van der Waals surface area contributed by atoms with Crippen LogP contribution in [0.15, 0.2) is 35.4 Å². The quantitative estimate of drug-likeness (QED) is 0.677. The highest BCUT2D eigenvalue weighted by Crippen LogP contribution is 2.37. The fourth-order valence-corrected chi connectivity index (χ4v) is 3.77. The van der Waals surface area contributed by atoms with Crippen molar-refractivity contribution < 1.29 is 8.78 Å². The molecule has 2 aliphatic carbocycles. The Morgan fingerprint density at radius 2 is 1.58 bits per heavy atom. The standard InChI is InChI=1S/C10H10FNS.C9H8FN/c1-6-5-7-3-4-8(11)12-9(7)10(6)13-2;1-6-4-7-2-3-9(10)11-8(7)5-6/h3-4H,5H2,1-2H3;2-3,5H,4H2,1H3. The number of halogens is 2. The molecule has 0 fully saturated rings. The highest BCUT2D eigenvalue weighted by molar-refractivity contribution is 8.07. The van der Waals surface area contributed by atoms with E-state index in [0.717, 1.165) is 40.3 Å². The number of allylic oxidation sites excluding steroid dienone is 2. The van der Waals surface area contributed by atoms with Gasteiger partial charge in [0.25, 0.3) is 0 Å². The van der Waals surface area contributed by atoms with Crippen LogP contribution in [0.1, 0.15) is 36.4 Å². The molecule has 2 aliphatic rings. The molecule has 5 heteroatoms. The minimum absolute atomic E-state index is 0.389. The summed E-state index contributed by atoms with van der Waals surface area (Å²) in [5.41, 5.74) is 6.44. The summed E-state index contributed by atoms with van der Waals surface area (Å²) in [5.74, 6) is -0.783. The van der Waals surface area contributed by atoms with Crippen LogP contribution in [-0.2, 0) is 12.8 Å². The number of aromatic nitrogens is 2. The Morgan fingerprint density at radius 3 is 2.29 bits per heavy atom. The van der Waals surface area contributed by atoms with Gasteiger partial charge in [-0.05, 0) is 62.3 Å². The van der Waals surface area contributed by atoms with E-state index in [0.29, 0.717) is 0 Å². The molecule has 0 radical (unpaired) electrons. The van der Waals surface area contributed by atoms with Crippen molar-refractivity contribution in [3.63, 3.8) is 0 Å². The van der Waals surface area contributed by atoms with Gasteiger partial charge < -0.3 is 0 Å². The summed E-state index contributed by atoms with van der Waals surface area (Å²) in [6.07, 6.45) is 5.76. The smallest absolute Gasteiger partial charge is 0.213 e. The van der Waals surface area contributed by atoms with E-state index in [1.165, 1.54) is 23.3 Å². The Bertz CT molecular complexity index is 856. The molecular weight excluding hydrogens is 326 g/mol. The third-order valence-corrected chi connectivity index (χ3v) is 4.99. The summed E-state index contributed by atoms with van der Waals surface area (Å²) in [6, 6.07) is 6.45. The molecule has 0 amide bonds. The molecule has 0 atom stereocenters. The lowest BCUT2D eigenvalue weighted by Gasteiger charge is -2.00. The van der Waals surface area contributed by atoms with E-state index in [1.54, 1.807) is 17.8 Å². The summed E-state index contributed by atoms with van der Waals surface area (Å²) in [7, 11) is 0. The first-order valence-corrected chi connectivity index (χ1v) is 8.92. The molecular formula is C19H18F2N2S. The van der Waals surface area contributed by atoms with Crippen LogP contribution in [-0.4, -0.2) is 16.2 Å². The summed E-state index contributed by atoms with van der Waals surface area (Å²) in [5, 5.41) is 0. The van der Waals surface area contributed by atoms with Crippen molar-refractivity contribution in [2.75, 3.05) is 6.26 Å². The molecule has 0 saturated carbocycles. The molecule has 0 aromatic carbocycles. The average molecular weight is 344 g/mol. The molecule has 0 saturated heterocycles. The third kappa shape index (κ3) is 3.41. The van der Waals surface area contributed by atoms with Crippen molar-refractivity contribution in [2.24, 2.45) is 0 Å². The Hall–Kier alpha value is -2.01. The Kier molecular flexibility index (Phi) is 4.81. The van der Waals surface area contributed by atoms with Crippen molar-refractivity contribution in [1.82, 2.24) is 9.97 Å². The van der Waals surface area contributed by atoms with Gasteiger partial charge in [0, 0.05) is 4.91 Å². The lowest BCUT2D eigenvalue weighted by Crippen LogP contribution is -1.91. The van der Waals surface area contributed by atoms with Gasteiger partial charge >= 0.3 is 0 Å². The zero-order chi connectivity index (χ0) is 17.3. The fraction of sp³-hybridized carbons (Fsp3) is 0.263. The van der Waals surface area contributed by atoms with Gasteiger partial charge in [0.1, 0.15) is 0 Å². The third-order valence-electron chi connectivity index (χ3n) is 4.04. The normalized spacial score (nSPS) is 14.8. The van der Waals surface area contributed by atoms with Crippen molar-refractivity contribution in [1.29, 1.82) is 0 Å². The minimum atomic E-state index is -0.394. The maximum Gasteiger partial charge on any atom is 0.213 e. The first-order valence-electron chi connectivity index (χ1n) is 7.70. The van der Waals surface area contributed by atoms with Crippen molar-refractivity contribution in [2.45, 2.75) is 26.7 Å². The second kappa shape index (κ2) is 6.85. The molecule has 2 aromatic heterocycles. The summed E-state index contributed by atoms with van der Waals surface area (Å²) < 4.78 is 25.4. The number of rotatable bonds is 1. The Labute approximate surface area is 144 Å². The molecule has 4 rings (SSSR count). The molecule has 2 nitrogen and oxygen atoms in total. The Morgan fingerprint density at radius 1 is 0.917 bits per heavy atom. The predicted molar refractivity (Wildman–Crippen MR) is 95.6 cm³/mol. The van der Waals surface area contributed by atoms with Crippen molar-refractivity contribution in [3.8, 4) is 0 Å². The van der Waals surface area contributed by atoms with Gasteiger partial charge in [-0.15, -0.1) is 11.8 Å². The predicted octanol–water partition coefficient (Wildman–Crippen LogP) is 5.05. The largest absolute Gasteiger partial charge is 0.220 e. The SMILES string of the molecule is CC1=Cc2nc(F)ccc2C1.CSC1=C(C)Cc2ccc(F)nc21. The fourth-order valence-electron chi connectivity index (χ4n) is 2.98. The molecule has 2 heterocycles. The Balaban J connectivity index is 0.000000143. The van der Waals surface area contributed by atoms with Gasteiger partial charge in [-0.2, -0.15) is 8.78 Å². The number of hydrogen-bond donors (Lipinski definition) is 0. The molecule has 124 valence electrons. The van der Waals surface area contributed by atoms with Gasteiger partial charge in [0.2, 0.25) is 11.9 Å². The highest BCUT2D eigenvalue weighted by Gasteiger charge is 2.19. The van der Waals surface area contributed by atoms with Gasteiger partial charge in [-0.3, -0.25) is 0 Å². The van der Waals surface area contributed by atoms with Gasteiger partial charge in [0.15, 0.2) is 0 Å². The van der Waals surface area contributed by atoms with Crippen LogP contribution in [0.4, 0.5) is 8.78 Å². The second-order valence-electron chi connectivity index (χ2n) is 5.98. The number of fused-ring (bicyclic) bond motifs is 2. The van der Waals surface area contributed by atoms with Crippen LogP contribution >= 0.6 is 11.8 Å². The van der Waals surface area contributed by atoms with E-state index in [1.807, 2.05) is 25.3 Å². The molecule has 2 aromatic rings. The lowest BCUT2D eigenvalue weighted by molar-refractivity contribution is 0.581. The molecule has 0 bridgehead atoms. The summed E-state index contributed by atoms with van der Waals surface area (Å²) in [6.45, 7) is 4.10. The topological polar surface area (TPSA) is 25.8 Å². The van der Waals surface area contributed by atoms with Crippen LogP contribution in [0, 0.1) is 11.9 Å². The summed E-state index contributed by atoms with van der Waals surface area (Å²) >= 11 is 1.64. The van der Waals surface area contributed by atoms with Crippen LogP contribution in [0.2, 0.25) is 0 Å². The van der Waals surface area contributed by atoms with Crippen LogP contribution in [0.3, 0.4) is 0 Å². The number of thioether (sulfide) groups is 1. The minimum Gasteiger partial charge on any atom is -0.220 e. The maximum absolute atomic E-state index is 12.9. The summed E-state index contributed by atoms with van der Waals surface area (Å²) in [4.78, 5) is 8.81. The van der Waals surface area contributed by atoms with Crippen molar-refractivity contribution >= 4 is 22.7 Å². The zero-order valence-electron chi connectivity index (χ0n) is 13.9. The highest BCUT2D eigenvalue weighted by atomic mass is 32.2. The molecule has 0 aliphatic heterocycles. The van der Waals surface area contributed by atoms with E-state index < -0.39 is 5.95 Å². The first kappa shape index (κ1) is 16.8. The lowest BCUT2D eigenvalue weighted by atomic mass is 10.2. The van der Waals surface area contributed by atoms with Crippen LogP contribution in [0.5, 0.6) is 0 Å². The van der Waals surface area contributed by atoms with E-state index in [9.17, 15) is 8.78 Å². The van der Waals surface area contributed by atoms with Crippen LogP contribution in [0.25, 0.3) is 11.0 Å². The van der Waals surface area contributed by atoms with Crippen LogP contribution < -0.4 is 0 Å². The number of hydrogen-bond acceptors (Lipinski definition) is 3.